The average Bonchev–Trinajstić information content (AvgIpc) is 2.96. The van der Waals surface area contributed by atoms with Crippen LogP contribution in [0.3, 0.4) is 0 Å². The fourth-order valence-electron chi connectivity index (χ4n) is 3.26. The van der Waals surface area contributed by atoms with Crippen LogP contribution in [0.2, 0.25) is 0 Å². The highest BCUT2D eigenvalue weighted by atomic mass is 16.2. The van der Waals surface area contributed by atoms with Crippen molar-refractivity contribution in [3.63, 3.8) is 0 Å². The summed E-state index contributed by atoms with van der Waals surface area (Å²) < 4.78 is 1.78. The maximum Gasteiger partial charge on any atom is 0.228 e. The van der Waals surface area contributed by atoms with Gasteiger partial charge in [0.1, 0.15) is 0 Å². The van der Waals surface area contributed by atoms with Gasteiger partial charge in [0.25, 0.3) is 0 Å². The Morgan fingerprint density at radius 3 is 2.83 bits per heavy atom. The van der Waals surface area contributed by atoms with Crippen LogP contribution in [-0.4, -0.2) is 44.9 Å². The quantitative estimate of drug-likeness (QED) is 0.927. The SMILES string of the molecule is Cc1c(CC(=O)N2CCC[C@@H]([C@H](C)N)C2)nnn1-c1ccccc1. The van der Waals surface area contributed by atoms with Crippen molar-refractivity contribution in [3.8, 4) is 5.69 Å². The van der Waals surface area contributed by atoms with Gasteiger partial charge in [-0.25, -0.2) is 4.68 Å². The molecule has 2 heterocycles. The number of rotatable bonds is 4. The topological polar surface area (TPSA) is 77.0 Å². The van der Waals surface area contributed by atoms with E-state index in [1.807, 2.05) is 49.1 Å². The molecule has 1 aliphatic rings. The molecule has 1 saturated heterocycles. The van der Waals surface area contributed by atoms with Crippen molar-refractivity contribution >= 4 is 5.91 Å². The van der Waals surface area contributed by atoms with E-state index in [1.54, 1.807) is 4.68 Å². The van der Waals surface area contributed by atoms with Gasteiger partial charge in [0.05, 0.1) is 23.5 Å². The van der Waals surface area contributed by atoms with Gasteiger partial charge < -0.3 is 10.6 Å². The molecule has 0 aliphatic carbocycles. The first-order valence-electron chi connectivity index (χ1n) is 8.56. The lowest BCUT2D eigenvalue weighted by Crippen LogP contribution is -2.45. The van der Waals surface area contributed by atoms with E-state index in [0.717, 1.165) is 43.0 Å². The third kappa shape index (κ3) is 3.48. The largest absolute Gasteiger partial charge is 0.342 e. The number of benzene rings is 1. The fraction of sp³-hybridized carbons (Fsp3) is 0.500. The number of nitrogens with two attached hydrogens (primary N) is 1. The van der Waals surface area contributed by atoms with Gasteiger partial charge in [-0.3, -0.25) is 4.79 Å². The fourth-order valence-corrected chi connectivity index (χ4v) is 3.26. The molecule has 0 bridgehead atoms. The summed E-state index contributed by atoms with van der Waals surface area (Å²) in [7, 11) is 0. The molecule has 0 saturated carbocycles. The zero-order valence-electron chi connectivity index (χ0n) is 14.4. The predicted octanol–water partition coefficient (Wildman–Crippen LogP) is 1.70. The van der Waals surface area contributed by atoms with Crippen LogP contribution < -0.4 is 5.73 Å². The van der Waals surface area contributed by atoms with Gasteiger partial charge in [0.15, 0.2) is 0 Å². The summed E-state index contributed by atoms with van der Waals surface area (Å²) >= 11 is 0. The summed E-state index contributed by atoms with van der Waals surface area (Å²) in [4.78, 5) is 14.6. The van der Waals surface area contributed by atoms with E-state index in [0.29, 0.717) is 12.3 Å². The Kier molecular flexibility index (Phi) is 4.94. The maximum absolute atomic E-state index is 12.6. The molecular weight excluding hydrogens is 302 g/mol. The van der Waals surface area contributed by atoms with E-state index in [4.69, 9.17) is 5.73 Å². The van der Waals surface area contributed by atoms with Crippen LogP contribution >= 0.6 is 0 Å². The smallest absolute Gasteiger partial charge is 0.228 e. The van der Waals surface area contributed by atoms with E-state index in [9.17, 15) is 4.79 Å². The van der Waals surface area contributed by atoms with E-state index in [-0.39, 0.29) is 11.9 Å². The molecule has 2 N–H and O–H groups in total. The van der Waals surface area contributed by atoms with Gasteiger partial charge in [0.2, 0.25) is 5.91 Å². The highest BCUT2D eigenvalue weighted by molar-refractivity contribution is 5.78. The molecule has 0 unspecified atom stereocenters. The Bertz CT molecular complexity index is 695. The number of para-hydroxylation sites is 1. The zero-order valence-corrected chi connectivity index (χ0v) is 14.4. The second-order valence-electron chi connectivity index (χ2n) is 6.65. The predicted molar refractivity (Wildman–Crippen MR) is 92.8 cm³/mol. The zero-order chi connectivity index (χ0) is 17.1. The lowest BCUT2D eigenvalue weighted by Gasteiger charge is -2.34. The molecule has 0 radical (unpaired) electrons. The van der Waals surface area contributed by atoms with Crippen LogP contribution in [0.4, 0.5) is 0 Å². The summed E-state index contributed by atoms with van der Waals surface area (Å²) in [5, 5.41) is 8.43. The number of likely N-dealkylation sites (tertiary alicyclic amines) is 1. The minimum absolute atomic E-state index is 0.114. The molecule has 2 aromatic rings. The maximum atomic E-state index is 12.6. The van der Waals surface area contributed by atoms with Crippen molar-refractivity contribution in [3.05, 3.63) is 41.7 Å². The van der Waals surface area contributed by atoms with Gasteiger partial charge in [-0.2, -0.15) is 0 Å². The molecule has 2 atom stereocenters. The Labute approximate surface area is 142 Å². The second kappa shape index (κ2) is 7.13. The van der Waals surface area contributed by atoms with Gasteiger partial charge >= 0.3 is 0 Å². The Morgan fingerprint density at radius 2 is 2.12 bits per heavy atom. The molecule has 1 amide bonds. The Balaban J connectivity index is 1.70. The molecule has 128 valence electrons. The van der Waals surface area contributed by atoms with Crippen molar-refractivity contribution in [2.45, 2.75) is 39.2 Å². The van der Waals surface area contributed by atoms with E-state index >= 15 is 0 Å². The molecule has 3 rings (SSSR count). The molecule has 1 aromatic heterocycles. The molecule has 6 nitrogen and oxygen atoms in total. The number of nitrogens with zero attached hydrogens (tertiary/aromatic N) is 4. The number of hydrogen-bond donors (Lipinski definition) is 1. The first-order chi connectivity index (χ1) is 11.6. The summed E-state index contributed by atoms with van der Waals surface area (Å²) in [6, 6.07) is 9.97. The first-order valence-corrected chi connectivity index (χ1v) is 8.56. The van der Waals surface area contributed by atoms with Crippen molar-refractivity contribution < 1.29 is 4.79 Å². The number of hydrogen-bond acceptors (Lipinski definition) is 4. The van der Waals surface area contributed by atoms with Crippen LogP contribution in [0.5, 0.6) is 0 Å². The minimum Gasteiger partial charge on any atom is -0.342 e. The molecular formula is C18H25N5O. The minimum atomic E-state index is 0.114. The van der Waals surface area contributed by atoms with Crippen LogP contribution in [0.1, 0.15) is 31.2 Å². The molecule has 1 aromatic carbocycles. The van der Waals surface area contributed by atoms with Crippen molar-refractivity contribution in [2.24, 2.45) is 11.7 Å². The first kappa shape index (κ1) is 16.6. The van der Waals surface area contributed by atoms with Gasteiger partial charge in [-0.15, -0.1) is 5.10 Å². The van der Waals surface area contributed by atoms with Crippen molar-refractivity contribution in [2.75, 3.05) is 13.1 Å². The monoisotopic (exact) mass is 327 g/mol. The number of piperidine rings is 1. The van der Waals surface area contributed by atoms with E-state index in [2.05, 4.69) is 10.3 Å². The van der Waals surface area contributed by atoms with Crippen LogP contribution in [0, 0.1) is 12.8 Å². The van der Waals surface area contributed by atoms with Crippen molar-refractivity contribution in [1.82, 2.24) is 19.9 Å². The number of aromatic nitrogens is 3. The summed E-state index contributed by atoms with van der Waals surface area (Å²) in [6.45, 7) is 5.54. The highest BCUT2D eigenvalue weighted by Gasteiger charge is 2.26. The van der Waals surface area contributed by atoms with E-state index < -0.39 is 0 Å². The Hall–Kier alpha value is -2.21. The summed E-state index contributed by atoms with van der Waals surface area (Å²) in [5.74, 6) is 0.507. The molecule has 0 spiro atoms. The number of amides is 1. The summed E-state index contributed by atoms with van der Waals surface area (Å²) in [5.41, 5.74) is 8.62. The lowest BCUT2D eigenvalue weighted by molar-refractivity contribution is -0.132. The van der Waals surface area contributed by atoms with Gasteiger partial charge in [-0.05, 0) is 44.7 Å². The van der Waals surface area contributed by atoms with Gasteiger partial charge in [-0.1, -0.05) is 23.4 Å². The second-order valence-corrected chi connectivity index (χ2v) is 6.65. The average molecular weight is 327 g/mol. The molecule has 1 aliphatic heterocycles. The van der Waals surface area contributed by atoms with Crippen LogP contribution in [0.25, 0.3) is 5.69 Å². The lowest BCUT2D eigenvalue weighted by atomic mass is 9.92. The highest BCUT2D eigenvalue weighted by Crippen LogP contribution is 2.20. The standard InChI is InChI=1S/C18H25N5O/c1-13(19)15-7-6-10-22(12-15)18(24)11-17-14(2)23(21-20-17)16-8-4-3-5-9-16/h3-5,8-9,13,15H,6-7,10-12,19H2,1-2H3/t13-,15+/m0/s1. The molecule has 1 fully saturated rings. The summed E-state index contributed by atoms with van der Waals surface area (Å²) in [6.07, 6.45) is 2.42. The van der Waals surface area contributed by atoms with Gasteiger partial charge in [0, 0.05) is 19.1 Å². The normalized spacial score (nSPS) is 19.3. The van der Waals surface area contributed by atoms with Crippen LogP contribution in [0.15, 0.2) is 30.3 Å². The third-order valence-electron chi connectivity index (χ3n) is 4.86. The van der Waals surface area contributed by atoms with Crippen molar-refractivity contribution in [1.29, 1.82) is 0 Å². The third-order valence-corrected chi connectivity index (χ3v) is 4.86. The Morgan fingerprint density at radius 1 is 1.38 bits per heavy atom. The number of carbonyl (C=O) groups is 1. The molecule has 6 heteroatoms. The van der Waals surface area contributed by atoms with E-state index in [1.165, 1.54) is 0 Å². The number of carbonyl (C=O) groups excluding carboxylic acids is 1. The molecule has 24 heavy (non-hydrogen) atoms. The van der Waals surface area contributed by atoms with Crippen LogP contribution in [-0.2, 0) is 11.2 Å².